The number of para-hydroxylation sites is 1. The fourth-order valence-corrected chi connectivity index (χ4v) is 2.13. The first-order chi connectivity index (χ1) is 9.22. The van der Waals surface area contributed by atoms with Gasteiger partial charge < -0.3 is 14.6 Å². The van der Waals surface area contributed by atoms with Gasteiger partial charge in [-0.15, -0.1) is 0 Å². The van der Waals surface area contributed by atoms with E-state index in [1.807, 2.05) is 31.0 Å². The maximum atomic E-state index is 14.1. The highest BCUT2D eigenvalue weighted by molar-refractivity contribution is 5.54. The summed E-state index contributed by atoms with van der Waals surface area (Å²) in [6.07, 6.45) is 3.31. The van der Waals surface area contributed by atoms with E-state index in [1.54, 1.807) is 18.6 Å². The molecule has 3 nitrogen and oxygen atoms in total. The van der Waals surface area contributed by atoms with Crippen molar-refractivity contribution in [2.45, 2.75) is 20.0 Å². The van der Waals surface area contributed by atoms with Crippen molar-refractivity contribution in [2.24, 2.45) is 0 Å². The van der Waals surface area contributed by atoms with Gasteiger partial charge in [-0.1, -0.05) is 19.1 Å². The molecule has 2 aromatic rings. The number of nitrogens with zero attached hydrogens (tertiary/aromatic N) is 1. The van der Waals surface area contributed by atoms with E-state index in [0.717, 1.165) is 17.7 Å². The van der Waals surface area contributed by atoms with Crippen LogP contribution in [0.2, 0.25) is 0 Å². The van der Waals surface area contributed by atoms with Crippen LogP contribution >= 0.6 is 0 Å². The SMILES string of the molecule is CCNCc1cccc(F)c1N(C)Cc1ccoc1. The number of furan rings is 1. The third-order valence-corrected chi connectivity index (χ3v) is 3.02. The Morgan fingerprint density at radius 3 is 2.84 bits per heavy atom. The lowest BCUT2D eigenvalue weighted by molar-refractivity contribution is 0.563. The minimum atomic E-state index is -0.193. The van der Waals surface area contributed by atoms with Crippen LogP contribution in [0.5, 0.6) is 0 Å². The predicted molar refractivity (Wildman–Crippen MR) is 74.6 cm³/mol. The van der Waals surface area contributed by atoms with E-state index in [1.165, 1.54) is 6.07 Å². The van der Waals surface area contributed by atoms with Gasteiger partial charge in [0.05, 0.1) is 18.2 Å². The molecule has 0 bridgehead atoms. The normalized spacial score (nSPS) is 10.7. The average molecular weight is 262 g/mol. The molecule has 1 aromatic carbocycles. The Kier molecular flexibility index (Phi) is 4.58. The van der Waals surface area contributed by atoms with E-state index in [4.69, 9.17) is 4.42 Å². The first-order valence-electron chi connectivity index (χ1n) is 6.42. The molecule has 1 heterocycles. The van der Waals surface area contributed by atoms with Crippen molar-refractivity contribution < 1.29 is 8.81 Å². The highest BCUT2D eigenvalue weighted by Crippen LogP contribution is 2.25. The van der Waals surface area contributed by atoms with Crippen LogP contribution in [0, 0.1) is 5.82 Å². The van der Waals surface area contributed by atoms with Crippen LogP contribution in [0.4, 0.5) is 10.1 Å². The van der Waals surface area contributed by atoms with Crippen molar-refractivity contribution >= 4 is 5.69 Å². The van der Waals surface area contributed by atoms with Gasteiger partial charge in [0.25, 0.3) is 0 Å². The Morgan fingerprint density at radius 1 is 1.32 bits per heavy atom. The largest absolute Gasteiger partial charge is 0.472 e. The summed E-state index contributed by atoms with van der Waals surface area (Å²) in [5, 5.41) is 3.23. The minimum absolute atomic E-state index is 0.193. The molecule has 102 valence electrons. The summed E-state index contributed by atoms with van der Waals surface area (Å²) in [5.41, 5.74) is 2.64. The third kappa shape index (κ3) is 3.35. The minimum Gasteiger partial charge on any atom is -0.472 e. The Morgan fingerprint density at radius 2 is 2.16 bits per heavy atom. The van der Waals surface area contributed by atoms with Crippen LogP contribution in [0.3, 0.4) is 0 Å². The molecule has 0 radical (unpaired) electrons. The molecule has 0 atom stereocenters. The Labute approximate surface area is 113 Å². The standard InChI is InChI=1S/C15H19FN2O/c1-3-17-9-13-5-4-6-14(16)15(13)18(2)10-12-7-8-19-11-12/h4-8,11,17H,3,9-10H2,1-2H3. The molecule has 2 rings (SSSR count). The van der Waals surface area contributed by atoms with Crippen molar-refractivity contribution in [3.8, 4) is 0 Å². The zero-order valence-electron chi connectivity index (χ0n) is 11.3. The van der Waals surface area contributed by atoms with Crippen molar-refractivity contribution in [1.82, 2.24) is 5.32 Å². The van der Waals surface area contributed by atoms with Gasteiger partial charge in [0, 0.05) is 25.7 Å². The van der Waals surface area contributed by atoms with Gasteiger partial charge in [-0.05, 0) is 24.2 Å². The second kappa shape index (κ2) is 6.38. The number of benzene rings is 1. The van der Waals surface area contributed by atoms with Gasteiger partial charge >= 0.3 is 0 Å². The van der Waals surface area contributed by atoms with E-state index in [2.05, 4.69) is 5.32 Å². The van der Waals surface area contributed by atoms with Crippen LogP contribution in [-0.4, -0.2) is 13.6 Å². The molecule has 0 saturated heterocycles. The van der Waals surface area contributed by atoms with Gasteiger partial charge in [-0.2, -0.15) is 0 Å². The molecule has 0 aliphatic carbocycles. The number of hydrogen-bond donors (Lipinski definition) is 1. The zero-order valence-corrected chi connectivity index (χ0v) is 11.3. The molecule has 0 amide bonds. The van der Waals surface area contributed by atoms with Crippen LogP contribution in [0.15, 0.2) is 41.2 Å². The molecule has 0 spiro atoms. The molecule has 4 heteroatoms. The second-order valence-electron chi connectivity index (χ2n) is 4.52. The lowest BCUT2D eigenvalue weighted by atomic mass is 10.1. The van der Waals surface area contributed by atoms with E-state index in [-0.39, 0.29) is 5.82 Å². The summed E-state index contributed by atoms with van der Waals surface area (Å²) in [6.45, 7) is 4.19. The van der Waals surface area contributed by atoms with Gasteiger partial charge in [0.2, 0.25) is 0 Å². The summed E-state index contributed by atoms with van der Waals surface area (Å²) in [4.78, 5) is 1.91. The molecule has 0 fully saturated rings. The Bertz CT molecular complexity index is 511. The van der Waals surface area contributed by atoms with Crippen molar-refractivity contribution in [2.75, 3.05) is 18.5 Å². The highest BCUT2D eigenvalue weighted by atomic mass is 19.1. The maximum Gasteiger partial charge on any atom is 0.146 e. The van der Waals surface area contributed by atoms with Gasteiger partial charge in [0.15, 0.2) is 0 Å². The summed E-state index contributed by atoms with van der Waals surface area (Å²) in [5.74, 6) is -0.193. The first-order valence-corrected chi connectivity index (χ1v) is 6.42. The lowest BCUT2D eigenvalue weighted by Gasteiger charge is -2.22. The number of rotatable bonds is 6. The summed E-state index contributed by atoms with van der Waals surface area (Å²) >= 11 is 0. The highest BCUT2D eigenvalue weighted by Gasteiger charge is 2.13. The predicted octanol–water partition coefficient (Wildman–Crippen LogP) is 3.16. The fraction of sp³-hybridized carbons (Fsp3) is 0.333. The smallest absolute Gasteiger partial charge is 0.146 e. The van der Waals surface area contributed by atoms with Crippen molar-refractivity contribution in [3.63, 3.8) is 0 Å². The average Bonchev–Trinajstić information content (AvgIpc) is 2.89. The van der Waals surface area contributed by atoms with E-state index >= 15 is 0 Å². The van der Waals surface area contributed by atoms with Crippen LogP contribution in [0.1, 0.15) is 18.1 Å². The van der Waals surface area contributed by atoms with Crippen LogP contribution in [0.25, 0.3) is 0 Å². The van der Waals surface area contributed by atoms with Gasteiger partial charge in [0.1, 0.15) is 5.82 Å². The van der Waals surface area contributed by atoms with E-state index in [9.17, 15) is 4.39 Å². The van der Waals surface area contributed by atoms with Gasteiger partial charge in [-0.3, -0.25) is 0 Å². The second-order valence-corrected chi connectivity index (χ2v) is 4.52. The molecular weight excluding hydrogens is 243 g/mol. The number of halogens is 1. The Hall–Kier alpha value is -1.81. The monoisotopic (exact) mass is 262 g/mol. The van der Waals surface area contributed by atoms with Crippen LogP contribution < -0.4 is 10.2 Å². The topological polar surface area (TPSA) is 28.4 Å². The Balaban J connectivity index is 2.21. The molecule has 0 saturated carbocycles. The van der Waals surface area contributed by atoms with E-state index < -0.39 is 0 Å². The molecule has 0 aliphatic rings. The summed E-state index contributed by atoms with van der Waals surface area (Å²) in [6, 6.07) is 7.09. The molecule has 1 N–H and O–H groups in total. The van der Waals surface area contributed by atoms with Gasteiger partial charge in [-0.25, -0.2) is 4.39 Å². The maximum absolute atomic E-state index is 14.1. The summed E-state index contributed by atoms with van der Waals surface area (Å²) < 4.78 is 19.1. The molecule has 19 heavy (non-hydrogen) atoms. The number of hydrogen-bond acceptors (Lipinski definition) is 3. The summed E-state index contributed by atoms with van der Waals surface area (Å²) in [7, 11) is 1.89. The number of nitrogens with one attached hydrogen (secondary N) is 1. The molecular formula is C15H19FN2O. The first kappa shape index (κ1) is 13.6. The fourth-order valence-electron chi connectivity index (χ4n) is 2.13. The molecule has 0 unspecified atom stereocenters. The van der Waals surface area contributed by atoms with E-state index in [0.29, 0.717) is 18.8 Å². The number of anilines is 1. The molecule has 1 aromatic heterocycles. The van der Waals surface area contributed by atoms with Crippen LogP contribution in [-0.2, 0) is 13.1 Å². The molecule has 0 aliphatic heterocycles. The quantitative estimate of drug-likeness (QED) is 0.866. The zero-order chi connectivity index (χ0) is 13.7. The van der Waals surface area contributed by atoms with Crippen molar-refractivity contribution in [1.29, 1.82) is 0 Å². The third-order valence-electron chi connectivity index (χ3n) is 3.02. The van der Waals surface area contributed by atoms with Crippen molar-refractivity contribution in [3.05, 3.63) is 53.7 Å². The lowest BCUT2D eigenvalue weighted by Crippen LogP contribution is -2.21.